The van der Waals surface area contributed by atoms with Crippen molar-refractivity contribution in [3.8, 4) is 11.5 Å². The van der Waals surface area contributed by atoms with Crippen LogP contribution in [0.1, 0.15) is 27.6 Å². The van der Waals surface area contributed by atoms with Gasteiger partial charge in [-0.15, -0.1) is 0 Å². The van der Waals surface area contributed by atoms with Gasteiger partial charge in [0.05, 0.1) is 0 Å². The van der Waals surface area contributed by atoms with Gasteiger partial charge in [-0.1, -0.05) is 24.3 Å². The van der Waals surface area contributed by atoms with Crippen LogP contribution in [0.3, 0.4) is 0 Å². The Labute approximate surface area is 175 Å². The zero-order valence-corrected chi connectivity index (χ0v) is 16.8. The maximum Gasteiger partial charge on any atom is 0.255 e. The number of hydrogen-bond acceptors (Lipinski definition) is 4. The topological polar surface area (TPSA) is 76.7 Å². The van der Waals surface area contributed by atoms with Crippen molar-refractivity contribution in [3.05, 3.63) is 90.0 Å². The average Bonchev–Trinajstić information content (AvgIpc) is 2.78. The van der Waals surface area contributed by atoms with Gasteiger partial charge in [-0.3, -0.25) is 9.59 Å². The number of para-hydroxylation sites is 1. The molecule has 0 heterocycles. The second-order valence-electron chi connectivity index (χ2n) is 6.43. The summed E-state index contributed by atoms with van der Waals surface area (Å²) in [5, 5.41) is 5.54. The minimum absolute atomic E-state index is 0.175. The van der Waals surface area contributed by atoms with E-state index >= 15 is 0 Å². The Bertz CT molecular complexity index is 972. The third-order valence-corrected chi connectivity index (χ3v) is 4.20. The number of carbonyl (C=O) groups excluding carboxylic acids is 2. The standard InChI is InChI=1S/C24H24N2O4/c1-2-25-23(27)19-7-6-8-20(17-19)26-24(28)18-11-13-22(14-12-18)30-16-15-29-21-9-4-3-5-10-21/h3-14,17H,2,15-16H2,1H3,(H,25,27)(H,26,28). The van der Waals surface area contributed by atoms with Crippen LogP contribution in [-0.4, -0.2) is 31.6 Å². The van der Waals surface area contributed by atoms with Gasteiger partial charge in [0.1, 0.15) is 24.7 Å². The highest BCUT2D eigenvalue weighted by molar-refractivity contribution is 6.05. The quantitative estimate of drug-likeness (QED) is 0.526. The normalized spacial score (nSPS) is 10.2. The Hall–Kier alpha value is -3.80. The van der Waals surface area contributed by atoms with Crippen LogP contribution in [0.4, 0.5) is 5.69 Å². The largest absolute Gasteiger partial charge is 0.490 e. The molecule has 3 aromatic rings. The molecule has 6 heteroatoms. The van der Waals surface area contributed by atoms with Crippen molar-refractivity contribution in [3.63, 3.8) is 0 Å². The van der Waals surface area contributed by atoms with Gasteiger partial charge in [-0.25, -0.2) is 0 Å². The van der Waals surface area contributed by atoms with E-state index < -0.39 is 0 Å². The van der Waals surface area contributed by atoms with Crippen LogP contribution in [0.15, 0.2) is 78.9 Å². The molecule has 0 saturated carbocycles. The van der Waals surface area contributed by atoms with E-state index in [2.05, 4.69) is 10.6 Å². The minimum Gasteiger partial charge on any atom is -0.490 e. The summed E-state index contributed by atoms with van der Waals surface area (Å²) in [7, 11) is 0. The summed E-state index contributed by atoms with van der Waals surface area (Å²) in [6.07, 6.45) is 0. The lowest BCUT2D eigenvalue weighted by Crippen LogP contribution is -2.22. The fourth-order valence-corrected chi connectivity index (χ4v) is 2.74. The van der Waals surface area contributed by atoms with Crippen LogP contribution in [0.2, 0.25) is 0 Å². The van der Waals surface area contributed by atoms with Crippen LogP contribution in [0.5, 0.6) is 11.5 Å². The first-order chi connectivity index (χ1) is 14.7. The van der Waals surface area contributed by atoms with Crippen LogP contribution in [0, 0.1) is 0 Å². The average molecular weight is 404 g/mol. The molecule has 3 rings (SSSR count). The van der Waals surface area contributed by atoms with E-state index in [4.69, 9.17) is 9.47 Å². The van der Waals surface area contributed by atoms with Gasteiger partial charge >= 0.3 is 0 Å². The molecule has 3 aromatic carbocycles. The molecule has 0 spiro atoms. The molecule has 0 unspecified atom stereocenters. The predicted molar refractivity (Wildman–Crippen MR) is 116 cm³/mol. The molecule has 0 fully saturated rings. The van der Waals surface area contributed by atoms with E-state index in [-0.39, 0.29) is 11.8 Å². The Morgan fingerprint density at radius 1 is 0.733 bits per heavy atom. The lowest BCUT2D eigenvalue weighted by atomic mass is 10.1. The number of ether oxygens (including phenoxy) is 2. The molecular formula is C24H24N2O4. The number of benzene rings is 3. The second kappa shape index (κ2) is 10.7. The molecule has 0 aromatic heterocycles. The molecule has 30 heavy (non-hydrogen) atoms. The molecule has 0 aliphatic carbocycles. The molecule has 0 aliphatic heterocycles. The zero-order valence-electron chi connectivity index (χ0n) is 16.8. The Balaban J connectivity index is 1.50. The molecule has 154 valence electrons. The van der Waals surface area contributed by atoms with Crippen LogP contribution >= 0.6 is 0 Å². The number of rotatable bonds is 9. The van der Waals surface area contributed by atoms with Crippen LogP contribution in [0.25, 0.3) is 0 Å². The number of carbonyl (C=O) groups is 2. The van der Waals surface area contributed by atoms with Gasteiger partial charge in [0.25, 0.3) is 11.8 Å². The van der Waals surface area contributed by atoms with E-state index in [1.54, 1.807) is 48.5 Å². The maximum absolute atomic E-state index is 12.5. The van der Waals surface area contributed by atoms with Gasteiger partial charge in [0, 0.05) is 23.4 Å². The lowest BCUT2D eigenvalue weighted by molar-refractivity contribution is 0.0954. The molecule has 0 bridgehead atoms. The Morgan fingerprint density at radius 2 is 1.40 bits per heavy atom. The molecule has 2 amide bonds. The van der Waals surface area contributed by atoms with E-state index in [0.29, 0.717) is 42.3 Å². The lowest BCUT2D eigenvalue weighted by Gasteiger charge is -2.10. The highest BCUT2D eigenvalue weighted by Crippen LogP contribution is 2.16. The van der Waals surface area contributed by atoms with E-state index in [9.17, 15) is 9.59 Å². The van der Waals surface area contributed by atoms with E-state index in [1.807, 2.05) is 37.3 Å². The van der Waals surface area contributed by atoms with Crippen molar-refractivity contribution in [1.82, 2.24) is 5.32 Å². The Morgan fingerprint density at radius 3 is 2.07 bits per heavy atom. The summed E-state index contributed by atoms with van der Waals surface area (Å²) in [6.45, 7) is 3.22. The summed E-state index contributed by atoms with van der Waals surface area (Å²) in [6, 6.07) is 23.2. The molecule has 0 saturated heterocycles. The van der Waals surface area contributed by atoms with Crippen molar-refractivity contribution in [1.29, 1.82) is 0 Å². The van der Waals surface area contributed by atoms with Crippen molar-refractivity contribution >= 4 is 17.5 Å². The summed E-state index contributed by atoms with van der Waals surface area (Å²) in [5.74, 6) is 1.01. The highest BCUT2D eigenvalue weighted by atomic mass is 16.5. The smallest absolute Gasteiger partial charge is 0.255 e. The van der Waals surface area contributed by atoms with Crippen LogP contribution in [-0.2, 0) is 0 Å². The zero-order chi connectivity index (χ0) is 21.2. The third-order valence-electron chi connectivity index (χ3n) is 4.20. The Kier molecular flexibility index (Phi) is 7.44. The fourth-order valence-electron chi connectivity index (χ4n) is 2.74. The molecule has 0 aliphatic rings. The molecular weight excluding hydrogens is 380 g/mol. The SMILES string of the molecule is CCNC(=O)c1cccc(NC(=O)c2ccc(OCCOc3ccccc3)cc2)c1. The number of hydrogen-bond donors (Lipinski definition) is 2. The van der Waals surface area contributed by atoms with Gasteiger partial charge in [-0.2, -0.15) is 0 Å². The summed E-state index contributed by atoms with van der Waals surface area (Å²) >= 11 is 0. The van der Waals surface area contributed by atoms with Gasteiger partial charge in [-0.05, 0) is 61.5 Å². The minimum atomic E-state index is -0.262. The molecule has 0 atom stereocenters. The number of nitrogens with one attached hydrogen (secondary N) is 2. The van der Waals surface area contributed by atoms with Gasteiger partial charge in [0.2, 0.25) is 0 Å². The maximum atomic E-state index is 12.5. The monoisotopic (exact) mass is 404 g/mol. The van der Waals surface area contributed by atoms with Crippen molar-refractivity contribution in [2.45, 2.75) is 6.92 Å². The summed E-state index contributed by atoms with van der Waals surface area (Å²) in [5.41, 5.74) is 1.55. The van der Waals surface area contributed by atoms with Gasteiger partial charge in [0.15, 0.2) is 0 Å². The van der Waals surface area contributed by atoms with Crippen molar-refractivity contribution < 1.29 is 19.1 Å². The second-order valence-corrected chi connectivity index (χ2v) is 6.43. The molecule has 0 radical (unpaired) electrons. The third kappa shape index (κ3) is 6.10. The van der Waals surface area contributed by atoms with Gasteiger partial charge < -0.3 is 20.1 Å². The number of amides is 2. The summed E-state index contributed by atoms with van der Waals surface area (Å²) < 4.78 is 11.2. The predicted octanol–water partition coefficient (Wildman–Crippen LogP) is 4.15. The van der Waals surface area contributed by atoms with Crippen molar-refractivity contribution in [2.75, 3.05) is 25.1 Å². The van der Waals surface area contributed by atoms with Crippen LogP contribution < -0.4 is 20.1 Å². The first-order valence-corrected chi connectivity index (χ1v) is 9.76. The van der Waals surface area contributed by atoms with E-state index in [0.717, 1.165) is 5.75 Å². The number of anilines is 1. The fraction of sp³-hybridized carbons (Fsp3) is 0.167. The molecule has 2 N–H and O–H groups in total. The van der Waals surface area contributed by atoms with Crippen molar-refractivity contribution in [2.24, 2.45) is 0 Å². The first kappa shape index (κ1) is 20.9. The first-order valence-electron chi connectivity index (χ1n) is 9.76. The van der Waals surface area contributed by atoms with E-state index in [1.165, 1.54) is 0 Å². The summed E-state index contributed by atoms with van der Waals surface area (Å²) in [4.78, 5) is 24.4. The molecule has 6 nitrogen and oxygen atoms in total. The highest BCUT2D eigenvalue weighted by Gasteiger charge is 2.09.